The highest BCUT2D eigenvalue weighted by Crippen LogP contribution is 2.32. The molecular weight excluding hydrogens is 314 g/mol. The molecule has 2 N–H and O–H groups in total. The van der Waals surface area contributed by atoms with Gasteiger partial charge in [0.1, 0.15) is 24.2 Å². The summed E-state index contributed by atoms with van der Waals surface area (Å²) in [5.41, 5.74) is 2.42. The van der Waals surface area contributed by atoms with E-state index in [1.807, 2.05) is 30.3 Å². The summed E-state index contributed by atoms with van der Waals surface area (Å²) in [5, 5.41) is 12.1. The van der Waals surface area contributed by atoms with E-state index in [0.29, 0.717) is 6.61 Å². The van der Waals surface area contributed by atoms with Crippen molar-refractivity contribution in [2.24, 2.45) is 0 Å². The van der Waals surface area contributed by atoms with Crippen molar-refractivity contribution in [2.75, 3.05) is 19.7 Å². The van der Waals surface area contributed by atoms with Gasteiger partial charge < -0.3 is 19.9 Å². The third-order valence-corrected chi connectivity index (χ3v) is 4.47. The number of benzene rings is 2. The highest BCUT2D eigenvalue weighted by atomic mass is 16.5. The Morgan fingerprint density at radius 2 is 2.00 bits per heavy atom. The second-order valence-electron chi connectivity index (χ2n) is 6.44. The zero-order chi connectivity index (χ0) is 17.3. The van der Waals surface area contributed by atoms with Gasteiger partial charge in [0.2, 0.25) is 0 Å². The number of aryl methyl sites for hydroxylation is 1. The van der Waals surface area contributed by atoms with Crippen LogP contribution in [0, 0.1) is 0 Å². The van der Waals surface area contributed by atoms with Crippen LogP contribution in [0.1, 0.15) is 30.4 Å². The van der Waals surface area contributed by atoms with E-state index >= 15 is 0 Å². The molecule has 1 aliphatic rings. The standard InChI is InChI=1S/C21H27NO3/c23-14-4-12-22-13-11-19-9-7-18-8-10-20(15-21(18)25-19)24-16-17-5-2-1-3-6-17/h1-3,5-6,8,10,15,19,22-23H,4,7,9,11-14,16H2. The van der Waals surface area contributed by atoms with E-state index < -0.39 is 0 Å². The number of rotatable bonds is 9. The number of nitrogens with one attached hydrogen (secondary N) is 1. The van der Waals surface area contributed by atoms with Gasteiger partial charge in [-0.05, 0) is 56.0 Å². The van der Waals surface area contributed by atoms with Crippen LogP contribution in [0.5, 0.6) is 11.5 Å². The maximum atomic E-state index is 8.79. The second kappa shape index (κ2) is 9.44. The zero-order valence-corrected chi connectivity index (χ0v) is 14.6. The predicted octanol–water partition coefficient (Wildman–Crippen LogP) is 3.32. The Bertz CT molecular complexity index is 645. The molecule has 25 heavy (non-hydrogen) atoms. The third-order valence-electron chi connectivity index (χ3n) is 4.47. The molecule has 4 nitrogen and oxygen atoms in total. The molecule has 1 atom stereocenters. The molecule has 2 aromatic rings. The van der Waals surface area contributed by atoms with Crippen LogP contribution in [0.25, 0.3) is 0 Å². The average Bonchev–Trinajstić information content (AvgIpc) is 2.66. The predicted molar refractivity (Wildman–Crippen MR) is 99.1 cm³/mol. The lowest BCUT2D eigenvalue weighted by atomic mass is 10.0. The largest absolute Gasteiger partial charge is 0.490 e. The lowest BCUT2D eigenvalue weighted by Crippen LogP contribution is -2.28. The van der Waals surface area contributed by atoms with Gasteiger partial charge in [-0.3, -0.25) is 0 Å². The van der Waals surface area contributed by atoms with Gasteiger partial charge >= 0.3 is 0 Å². The summed E-state index contributed by atoms with van der Waals surface area (Å²) in [4.78, 5) is 0. The van der Waals surface area contributed by atoms with Gasteiger partial charge in [0.15, 0.2) is 0 Å². The van der Waals surface area contributed by atoms with Crippen LogP contribution in [0.15, 0.2) is 48.5 Å². The molecule has 1 unspecified atom stereocenters. The van der Waals surface area contributed by atoms with Gasteiger partial charge in [-0.1, -0.05) is 36.4 Å². The highest BCUT2D eigenvalue weighted by Gasteiger charge is 2.19. The molecule has 0 radical (unpaired) electrons. The molecule has 0 saturated carbocycles. The molecule has 0 bridgehead atoms. The summed E-state index contributed by atoms with van der Waals surface area (Å²) < 4.78 is 12.1. The fraction of sp³-hybridized carbons (Fsp3) is 0.429. The van der Waals surface area contributed by atoms with Crippen LogP contribution in [0.4, 0.5) is 0 Å². The maximum Gasteiger partial charge on any atom is 0.126 e. The summed E-state index contributed by atoms with van der Waals surface area (Å²) in [6.07, 6.45) is 4.14. The van der Waals surface area contributed by atoms with Crippen molar-refractivity contribution in [1.82, 2.24) is 5.32 Å². The molecule has 1 aliphatic heterocycles. The van der Waals surface area contributed by atoms with Crippen molar-refractivity contribution in [3.63, 3.8) is 0 Å². The first-order valence-corrected chi connectivity index (χ1v) is 9.13. The average molecular weight is 341 g/mol. The first-order chi connectivity index (χ1) is 12.3. The number of ether oxygens (including phenoxy) is 2. The SMILES string of the molecule is OCCCNCCC1CCc2ccc(OCc3ccccc3)cc2O1. The number of hydrogen-bond acceptors (Lipinski definition) is 4. The van der Waals surface area contributed by atoms with Crippen LogP contribution in [0.3, 0.4) is 0 Å². The molecule has 0 fully saturated rings. The van der Waals surface area contributed by atoms with E-state index in [1.54, 1.807) is 0 Å². The Balaban J connectivity index is 1.50. The number of fused-ring (bicyclic) bond motifs is 1. The lowest BCUT2D eigenvalue weighted by Gasteiger charge is -2.26. The first kappa shape index (κ1) is 17.8. The van der Waals surface area contributed by atoms with Gasteiger partial charge in [-0.25, -0.2) is 0 Å². The molecule has 0 aromatic heterocycles. The topological polar surface area (TPSA) is 50.7 Å². The van der Waals surface area contributed by atoms with E-state index in [-0.39, 0.29) is 12.7 Å². The Kier molecular flexibility index (Phi) is 6.71. The minimum atomic E-state index is 0.242. The molecule has 0 saturated heterocycles. The van der Waals surface area contributed by atoms with E-state index in [9.17, 15) is 0 Å². The van der Waals surface area contributed by atoms with Crippen molar-refractivity contribution in [3.05, 3.63) is 59.7 Å². The zero-order valence-electron chi connectivity index (χ0n) is 14.6. The number of aliphatic hydroxyl groups is 1. The van der Waals surface area contributed by atoms with Gasteiger partial charge in [-0.2, -0.15) is 0 Å². The molecule has 2 aromatic carbocycles. The molecular formula is C21H27NO3. The summed E-state index contributed by atoms with van der Waals surface area (Å²) in [7, 11) is 0. The minimum absolute atomic E-state index is 0.242. The van der Waals surface area contributed by atoms with E-state index in [1.165, 1.54) is 5.56 Å². The lowest BCUT2D eigenvalue weighted by molar-refractivity contribution is 0.162. The highest BCUT2D eigenvalue weighted by molar-refractivity contribution is 5.42. The Morgan fingerprint density at radius 1 is 1.12 bits per heavy atom. The Labute approximate surface area is 149 Å². The van der Waals surface area contributed by atoms with Gasteiger partial charge in [-0.15, -0.1) is 0 Å². The summed E-state index contributed by atoms with van der Waals surface area (Å²) >= 11 is 0. The van der Waals surface area contributed by atoms with Crippen LogP contribution >= 0.6 is 0 Å². The Hall–Kier alpha value is -2.04. The van der Waals surface area contributed by atoms with Crippen molar-refractivity contribution < 1.29 is 14.6 Å². The summed E-state index contributed by atoms with van der Waals surface area (Å²) in [6.45, 7) is 2.59. The van der Waals surface area contributed by atoms with E-state index in [4.69, 9.17) is 14.6 Å². The molecule has 4 heteroatoms. The third kappa shape index (κ3) is 5.48. The monoisotopic (exact) mass is 341 g/mol. The van der Waals surface area contributed by atoms with Crippen LogP contribution in [0.2, 0.25) is 0 Å². The first-order valence-electron chi connectivity index (χ1n) is 9.13. The fourth-order valence-corrected chi connectivity index (χ4v) is 3.03. The molecule has 1 heterocycles. The van der Waals surface area contributed by atoms with E-state index in [0.717, 1.165) is 55.8 Å². The quantitative estimate of drug-likeness (QED) is 0.687. The van der Waals surface area contributed by atoms with Crippen molar-refractivity contribution >= 4 is 0 Å². The van der Waals surface area contributed by atoms with Crippen LogP contribution in [-0.2, 0) is 13.0 Å². The van der Waals surface area contributed by atoms with Crippen molar-refractivity contribution in [3.8, 4) is 11.5 Å². The smallest absolute Gasteiger partial charge is 0.126 e. The van der Waals surface area contributed by atoms with Crippen LogP contribution in [-0.4, -0.2) is 30.9 Å². The molecule has 0 spiro atoms. The normalized spacial score (nSPS) is 16.1. The Morgan fingerprint density at radius 3 is 2.84 bits per heavy atom. The minimum Gasteiger partial charge on any atom is -0.490 e. The molecule has 3 rings (SSSR count). The fourth-order valence-electron chi connectivity index (χ4n) is 3.03. The van der Waals surface area contributed by atoms with Gasteiger partial charge in [0.05, 0.1) is 0 Å². The molecule has 134 valence electrons. The number of hydrogen-bond donors (Lipinski definition) is 2. The van der Waals surface area contributed by atoms with Crippen molar-refractivity contribution in [1.29, 1.82) is 0 Å². The molecule has 0 aliphatic carbocycles. The summed E-state index contributed by atoms with van der Waals surface area (Å²) in [6, 6.07) is 16.3. The van der Waals surface area contributed by atoms with Crippen LogP contribution < -0.4 is 14.8 Å². The maximum absolute atomic E-state index is 8.79. The number of aliphatic hydroxyl groups excluding tert-OH is 1. The summed E-state index contributed by atoms with van der Waals surface area (Å²) in [5.74, 6) is 1.81. The molecule has 0 amide bonds. The van der Waals surface area contributed by atoms with Crippen molar-refractivity contribution in [2.45, 2.75) is 38.4 Å². The second-order valence-corrected chi connectivity index (χ2v) is 6.44. The van der Waals surface area contributed by atoms with Gasteiger partial charge in [0, 0.05) is 12.7 Å². The van der Waals surface area contributed by atoms with Gasteiger partial charge in [0.25, 0.3) is 0 Å². The van der Waals surface area contributed by atoms with E-state index in [2.05, 4.69) is 23.5 Å².